The maximum Gasteiger partial charge on any atom is 0.101 e. The molecule has 0 aliphatic carbocycles. The molecule has 3 N–H and O–H groups in total. The van der Waals surface area contributed by atoms with Gasteiger partial charge in [-0.05, 0) is 12.1 Å². The summed E-state index contributed by atoms with van der Waals surface area (Å²) in [5.41, 5.74) is 5.64. The molecule has 0 aliphatic heterocycles. The molecule has 0 spiro atoms. The number of nitrogens with one attached hydrogen (secondary N) is 1. The zero-order chi connectivity index (χ0) is 11.3. The number of para-hydroxylation sites is 1. The Kier molecular flexibility index (Phi) is 0.408. The molecular weight excluding hydrogens is 124 g/mol. The fourth-order valence-corrected chi connectivity index (χ4v) is 0.801. The fraction of sp³-hybridized carbons (Fsp3) is 0. The Morgan fingerprint density at radius 2 is 2.20 bits per heavy atom. The third-order valence-corrected chi connectivity index (χ3v) is 1.21. The monoisotopic (exact) mass is 137 g/mol. The zero-order valence-corrected chi connectivity index (χ0v) is 5.08. The van der Waals surface area contributed by atoms with E-state index in [1.807, 2.05) is 0 Å². The summed E-state index contributed by atoms with van der Waals surface area (Å²) in [6.45, 7) is 0. The minimum atomic E-state index is -0.347. The van der Waals surface area contributed by atoms with Crippen molar-refractivity contribution >= 4 is 16.7 Å². The number of fused-ring (bicyclic) bond motifs is 1. The van der Waals surface area contributed by atoms with Crippen LogP contribution in [0, 0.1) is 0 Å². The number of rotatable bonds is 0. The smallest absolute Gasteiger partial charge is 0.101 e. The molecule has 0 fully saturated rings. The van der Waals surface area contributed by atoms with Crippen LogP contribution in [0.2, 0.25) is 0 Å². The van der Waals surface area contributed by atoms with Crippen LogP contribution in [0.5, 0.6) is 0 Å². The van der Waals surface area contributed by atoms with Crippen molar-refractivity contribution in [3.8, 4) is 0 Å². The molecule has 0 radical (unpaired) electrons. The number of hydrogen-bond acceptors (Lipinski definition) is 1. The molecular formula is C8H8N2. The number of benzene rings is 1. The Labute approximate surface area is 65.7 Å². The van der Waals surface area contributed by atoms with Gasteiger partial charge < -0.3 is 10.7 Å². The van der Waals surface area contributed by atoms with E-state index in [0.29, 0.717) is 0 Å². The lowest BCUT2D eigenvalue weighted by molar-refractivity contribution is 1.47. The van der Waals surface area contributed by atoms with Gasteiger partial charge in [-0.25, -0.2) is 0 Å². The van der Waals surface area contributed by atoms with Crippen LogP contribution in [0.15, 0.2) is 30.2 Å². The quantitative estimate of drug-likeness (QED) is 0.570. The predicted octanol–water partition coefficient (Wildman–Crippen LogP) is 1.75. The van der Waals surface area contributed by atoms with Gasteiger partial charge in [0.25, 0.3) is 0 Å². The van der Waals surface area contributed by atoms with Gasteiger partial charge in [0.15, 0.2) is 0 Å². The summed E-state index contributed by atoms with van der Waals surface area (Å²) in [6.07, 6.45) is 0. The molecule has 0 aliphatic rings. The average Bonchev–Trinajstić information content (AvgIpc) is 2.50. The van der Waals surface area contributed by atoms with Crippen LogP contribution in [-0.2, 0) is 0 Å². The van der Waals surface area contributed by atoms with E-state index in [2.05, 4.69) is 4.98 Å². The first-order valence-electron chi connectivity index (χ1n) is 5.29. The van der Waals surface area contributed by atoms with E-state index in [1.54, 1.807) is 0 Å². The molecule has 2 heteroatoms. The van der Waals surface area contributed by atoms with E-state index in [9.17, 15) is 0 Å². The number of aromatic nitrogens is 1. The van der Waals surface area contributed by atoms with Gasteiger partial charge in [0, 0.05) is 10.9 Å². The second-order valence-corrected chi connectivity index (χ2v) is 1.91. The maximum atomic E-state index is 7.59. The first kappa shape index (κ1) is 2.31. The first-order valence-corrected chi connectivity index (χ1v) is 2.79. The summed E-state index contributed by atoms with van der Waals surface area (Å²) in [5.74, 6) is 0.0528. The van der Waals surface area contributed by atoms with Crippen LogP contribution in [0.4, 0.5) is 5.82 Å². The second kappa shape index (κ2) is 1.77. The Hall–Kier alpha value is -1.44. The van der Waals surface area contributed by atoms with Crippen molar-refractivity contribution in [2.24, 2.45) is 0 Å². The zero-order valence-electron chi connectivity index (χ0n) is 10.1. The Balaban J connectivity index is 3.07. The standard InChI is InChI=1S/C8H8N2/c9-8-5-6-3-1-2-4-7(6)10-8/h1-5,10H,9H2/i1D,2D,3D,4D,5D. The lowest BCUT2D eigenvalue weighted by atomic mass is 10.3. The minimum absolute atomic E-state index is 0.0528. The van der Waals surface area contributed by atoms with Crippen molar-refractivity contribution in [3.05, 3.63) is 30.2 Å². The Morgan fingerprint density at radius 1 is 1.40 bits per heavy atom. The summed E-state index contributed by atoms with van der Waals surface area (Å²) in [5, 5.41) is 0.138. The van der Waals surface area contributed by atoms with Gasteiger partial charge in [-0.1, -0.05) is 18.1 Å². The summed E-state index contributed by atoms with van der Waals surface area (Å²) in [6, 6.07) is -1.19. The topological polar surface area (TPSA) is 41.8 Å². The molecule has 2 aromatic rings. The largest absolute Gasteiger partial charge is 0.385 e. The molecule has 0 unspecified atom stereocenters. The van der Waals surface area contributed by atoms with E-state index in [4.69, 9.17) is 12.6 Å². The van der Waals surface area contributed by atoms with Crippen LogP contribution in [-0.4, -0.2) is 4.98 Å². The van der Waals surface area contributed by atoms with E-state index in [0.717, 1.165) is 0 Å². The third kappa shape index (κ3) is 0.658. The highest BCUT2D eigenvalue weighted by molar-refractivity contribution is 5.82. The molecule has 2 nitrogen and oxygen atoms in total. The van der Waals surface area contributed by atoms with Crippen molar-refractivity contribution < 1.29 is 6.85 Å². The number of hydrogen-bond donors (Lipinski definition) is 2. The molecule has 0 saturated carbocycles. The molecule has 1 aromatic carbocycles. The highest BCUT2D eigenvalue weighted by Crippen LogP contribution is 2.14. The molecule has 0 amide bonds. The van der Waals surface area contributed by atoms with Crippen LogP contribution < -0.4 is 5.73 Å². The van der Waals surface area contributed by atoms with E-state index in [-0.39, 0.29) is 46.9 Å². The van der Waals surface area contributed by atoms with Crippen molar-refractivity contribution in [1.29, 1.82) is 0 Å². The molecule has 0 saturated heterocycles. The van der Waals surface area contributed by atoms with Crippen LogP contribution in [0.1, 0.15) is 6.85 Å². The SMILES string of the molecule is [2H]c1c([2H])c([2H])c2c([2H])c(N)[nH]c2c1[2H]. The van der Waals surface area contributed by atoms with Crippen molar-refractivity contribution in [2.75, 3.05) is 5.73 Å². The van der Waals surface area contributed by atoms with Gasteiger partial charge in [-0.15, -0.1) is 0 Å². The number of H-pyrrole nitrogens is 1. The molecule has 1 aromatic heterocycles. The third-order valence-electron chi connectivity index (χ3n) is 1.21. The van der Waals surface area contributed by atoms with Gasteiger partial charge in [-0.3, -0.25) is 0 Å². The highest BCUT2D eigenvalue weighted by Gasteiger charge is 1.92. The number of nitrogens with two attached hydrogens (primary N) is 1. The molecule has 1 heterocycles. The van der Waals surface area contributed by atoms with Gasteiger partial charge in [-0.2, -0.15) is 0 Å². The maximum absolute atomic E-state index is 7.59. The van der Waals surface area contributed by atoms with Gasteiger partial charge in [0.1, 0.15) is 5.82 Å². The summed E-state index contributed by atoms with van der Waals surface area (Å²) >= 11 is 0. The van der Waals surface area contributed by atoms with Crippen LogP contribution in [0.3, 0.4) is 0 Å². The normalized spacial score (nSPS) is 17.4. The second-order valence-electron chi connectivity index (χ2n) is 1.91. The van der Waals surface area contributed by atoms with E-state index < -0.39 is 0 Å². The van der Waals surface area contributed by atoms with Crippen LogP contribution >= 0.6 is 0 Å². The van der Waals surface area contributed by atoms with Crippen molar-refractivity contribution in [1.82, 2.24) is 4.98 Å². The predicted molar refractivity (Wildman–Crippen MR) is 42.7 cm³/mol. The number of aromatic amines is 1. The molecule has 0 bridgehead atoms. The minimum Gasteiger partial charge on any atom is -0.385 e. The van der Waals surface area contributed by atoms with Gasteiger partial charge in [0.05, 0.1) is 6.85 Å². The first-order chi connectivity index (χ1) is 6.95. The molecule has 2 rings (SSSR count). The Bertz CT molecular complexity index is 560. The average molecular weight is 137 g/mol. The van der Waals surface area contributed by atoms with E-state index >= 15 is 0 Å². The summed E-state index contributed by atoms with van der Waals surface area (Å²) in [4.78, 5) is 2.58. The number of anilines is 1. The molecule has 0 atom stereocenters. The Morgan fingerprint density at radius 3 is 3.10 bits per heavy atom. The molecule has 50 valence electrons. The van der Waals surface area contributed by atoms with Crippen molar-refractivity contribution in [2.45, 2.75) is 0 Å². The summed E-state index contributed by atoms with van der Waals surface area (Å²) < 4.78 is 37.6. The van der Waals surface area contributed by atoms with Gasteiger partial charge in [0.2, 0.25) is 0 Å². The highest BCUT2D eigenvalue weighted by atomic mass is 14.8. The lowest BCUT2D eigenvalue weighted by Gasteiger charge is -1.83. The van der Waals surface area contributed by atoms with Crippen LogP contribution in [0.25, 0.3) is 10.9 Å². The number of nitrogen functional groups attached to an aromatic ring is 1. The lowest BCUT2D eigenvalue weighted by Crippen LogP contribution is -1.80. The fourth-order valence-electron chi connectivity index (χ4n) is 0.801. The van der Waals surface area contributed by atoms with Gasteiger partial charge >= 0.3 is 0 Å². The summed E-state index contributed by atoms with van der Waals surface area (Å²) in [7, 11) is 0. The van der Waals surface area contributed by atoms with E-state index in [1.165, 1.54) is 0 Å². The van der Waals surface area contributed by atoms with Crippen molar-refractivity contribution in [3.63, 3.8) is 0 Å². The molecule has 10 heavy (non-hydrogen) atoms.